The quantitative estimate of drug-likeness (QED) is 0.755. The molecule has 112 valence electrons. The smallest absolute Gasteiger partial charge is 0.127 e. The number of hydrogen-bond acceptors (Lipinski definition) is 2. The zero-order valence-corrected chi connectivity index (χ0v) is 12.4. The van der Waals surface area contributed by atoms with Gasteiger partial charge in [-0.2, -0.15) is 0 Å². The fourth-order valence-electron chi connectivity index (χ4n) is 2.92. The van der Waals surface area contributed by atoms with Crippen LogP contribution < -0.4 is 5.32 Å². The van der Waals surface area contributed by atoms with Crippen LogP contribution in [0.4, 0.5) is 4.39 Å². The van der Waals surface area contributed by atoms with Gasteiger partial charge < -0.3 is 10.1 Å². The second kappa shape index (κ2) is 8.38. The minimum absolute atomic E-state index is 0.0751. The van der Waals surface area contributed by atoms with Gasteiger partial charge in [-0.25, -0.2) is 4.39 Å². The van der Waals surface area contributed by atoms with E-state index < -0.39 is 0 Å². The van der Waals surface area contributed by atoms with Crippen molar-refractivity contribution in [2.45, 2.75) is 57.6 Å². The molecule has 0 radical (unpaired) electrons. The van der Waals surface area contributed by atoms with Crippen LogP contribution in [-0.4, -0.2) is 19.3 Å². The average Bonchev–Trinajstić information content (AvgIpc) is 2.50. The first-order chi connectivity index (χ1) is 9.81. The Hall–Kier alpha value is -0.930. The molecule has 1 aliphatic carbocycles. The second-order valence-corrected chi connectivity index (χ2v) is 5.57. The molecule has 0 amide bonds. The topological polar surface area (TPSA) is 21.3 Å². The van der Waals surface area contributed by atoms with Crippen LogP contribution in [0.15, 0.2) is 24.3 Å². The Bertz CT molecular complexity index is 390. The second-order valence-electron chi connectivity index (χ2n) is 5.57. The van der Waals surface area contributed by atoms with Crippen molar-refractivity contribution in [3.8, 4) is 0 Å². The van der Waals surface area contributed by atoms with Gasteiger partial charge in [-0.15, -0.1) is 0 Å². The third-order valence-electron chi connectivity index (χ3n) is 4.09. The van der Waals surface area contributed by atoms with Gasteiger partial charge in [-0.3, -0.25) is 0 Å². The van der Waals surface area contributed by atoms with Crippen molar-refractivity contribution in [2.24, 2.45) is 0 Å². The van der Waals surface area contributed by atoms with E-state index in [0.29, 0.717) is 6.10 Å². The molecule has 1 N–H and O–H groups in total. The molecule has 0 aliphatic heterocycles. The molecule has 0 spiro atoms. The van der Waals surface area contributed by atoms with Crippen LogP contribution in [-0.2, 0) is 4.74 Å². The SMILES string of the molecule is CCC(NCCOC1CCCCC1)c1ccccc1F. The summed E-state index contributed by atoms with van der Waals surface area (Å²) in [5.74, 6) is -0.125. The number of rotatable bonds is 7. The zero-order chi connectivity index (χ0) is 14.2. The maximum Gasteiger partial charge on any atom is 0.127 e. The molecule has 1 atom stereocenters. The van der Waals surface area contributed by atoms with Crippen molar-refractivity contribution in [1.29, 1.82) is 0 Å². The summed E-state index contributed by atoms with van der Waals surface area (Å²) < 4.78 is 19.6. The zero-order valence-electron chi connectivity index (χ0n) is 12.4. The van der Waals surface area contributed by atoms with Crippen LogP contribution in [0.1, 0.15) is 57.1 Å². The molecule has 0 bridgehead atoms. The van der Waals surface area contributed by atoms with Gasteiger partial charge in [0.25, 0.3) is 0 Å². The Morgan fingerprint density at radius 3 is 2.70 bits per heavy atom. The molecule has 1 aliphatic rings. The van der Waals surface area contributed by atoms with E-state index in [-0.39, 0.29) is 11.9 Å². The molecule has 1 aromatic carbocycles. The molecule has 1 saturated carbocycles. The number of hydrogen-bond donors (Lipinski definition) is 1. The molecule has 2 nitrogen and oxygen atoms in total. The summed E-state index contributed by atoms with van der Waals surface area (Å²) >= 11 is 0. The van der Waals surface area contributed by atoms with Gasteiger partial charge in [0.1, 0.15) is 5.82 Å². The first-order valence-corrected chi connectivity index (χ1v) is 7.90. The summed E-state index contributed by atoms with van der Waals surface area (Å²) in [6, 6.07) is 7.08. The van der Waals surface area contributed by atoms with E-state index in [1.165, 1.54) is 38.2 Å². The van der Waals surface area contributed by atoms with Crippen LogP contribution in [0.5, 0.6) is 0 Å². The summed E-state index contributed by atoms with van der Waals surface area (Å²) in [4.78, 5) is 0. The maximum absolute atomic E-state index is 13.8. The molecule has 0 aromatic heterocycles. The minimum atomic E-state index is -0.125. The summed E-state index contributed by atoms with van der Waals surface area (Å²) in [5, 5.41) is 3.40. The Morgan fingerprint density at radius 2 is 2.00 bits per heavy atom. The summed E-state index contributed by atoms with van der Waals surface area (Å²) in [5.41, 5.74) is 0.757. The molecule has 1 aromatic rings. The van der Waals surface area contributed by atoms with Gasteiger partial charge in [0.05, 0.1) is 12.7 Å². The van der Waals surface area contributed by atoms with E-state index in [2.05, 4.69) is 12.2 Å². The molecule has 2 rings (SSSR count). The van der Waals surface area contributed by atoms with Gasteiger partial charge in [0, 0.05) is 18.2 Å². The molecule has 3 heteroatoms. The molecular weight excluding hydrogens is 253 g/mol. The van der Waals surface area contributed by atoms with E-state index in [0.717, 1.165) is 25.1 Å². The predicted octanol–water partition coefficient (Wildman–Crippen LogP) is 4.22. The normalized spacial score (nSPS) is 18.1. The van der Waals surface area contributed by atoms with E-state index in [1.807, 2.05) is 12.1 Å². The standard InChI is InChI=1S/C17H26FNO/c1-2-17(15-10-6-7-11-16(15)18)19-12-13-20-14-8-4-3-5-9-14/h6-7,10-11,14,17,19H,2-5,8-9,12-13H2,1H3. The molecule has 1 fully saturated rings. The van der Waals surface area contributed by atoms with Crippen molar-refractivity contribution in [3.63, 3.8) is 0 Å². The van der Waals surface area contributed by atoms with Gasteiger partial charge in [0.2, 0.25) is 0 Å². The molecule has 0 saturated heterocycles. The van der Waals surface area contributed by atoms with Crippen molar-refractivity contribution < 1.29 is 9.13 Å². The van der Waals surface area contributed by atoms with Crippen LogP contribution in [0.3, 0.4) is 0 Å². The van der Waals surface area contributed by atoms with Crippen LogP contribution in [0.25, 0.3) is 0 Å². The Kier molecular flexibility index (Phi) is 6.48. The van der Waals surface area contributed by atoms with Crippen LogP contribution in [0.2, 0.25) is 0 Å². The van der Waals surface area contributed by atoms with Crippen molar-refractivity contribution in [2.75, 3.05) is 13.2 Å². The lowest BCUT2D eigenvalue weighted by Crippen LogP contribution is -2.28. The van der Waals surface area contributed by atoms with Crippen molar-refractivity contribution in [3.05, 3.63) is 35.6 Å². The molecule has 1 unspecified atom stereocenters. The highest BCUT2D eigenvalue weighted by Crippen LogP contribution is 2.21. The third kappa shape index (κ3) is 4.57. The van der Waals surface area contributed by atoms with Crippen LogP contribution in [0, 0.1) is 5.82 Å². The monoisotopic (exact) mass is 279 g/mol. The van der Waals surface area contributed by atoms with E-state index in [1.54, 1.807) is 6.07 Å². The molecular formula is C17H26FNO. The Morgan fingerprint density at radius 1 is 1.25 bits per heavy atom. The largest absolute Gasteiger partial charge is 0.377 e. The average molecular weight is 279 g/mol. The highest BCUT2D eigenvalue weighted by Gasteiger charge is 2.15. The van der Waals surface area contributed by atoms with Gasteiger partial charge in [0.15, 0.2) is 0 Å². The molecule has 0 heterocycles. The predicted molar refractivity (Wildman–Crippen MR) is 80.3 cm³/mol. The first kappa shape index (κ1) is 15.5. The fourth-order valence-corrected chi connectivity index (χ4v) is 2.92. The highest BCUT2D eigenvalue weighted by atomic mass is 19.1. The fraction of sp³-hybridized carbons (Fsp3) is 0.647. The highest BCUT2D eigenvalue weighted by molar-refractivity contribution is 5.21. The lowest BCUT2D eigenvalue weighted by Gasteiger charge is -2.23. The summed E-state index contributed by atoms with van der Waals surface area (Å²) in [7, 11) is 0. The van der Waals surface area contributed by atoms with E-state index >= 15 is 0 Å². The number of benzene rings is 1. The maximum atomic E-state index is 13.8. The first-order valence-electron chi connectivity index (χ1n) is 7.90. The number of ether oxygens (including phenoxy) is 1. The molecule has 20 heavy (non-hydrogen) atoms. The van der Waals surface area contributed by atoms with E-state index in [9.17, 15) is 4.39 Å². The van der Waals surface area contributed by atoms with Gasteiger partial charge in [-0.1, -0.05) is 44.4 Å². The Balaban J connectivity index is 1.72. The minimum Gasteiger partial charge on any atom is -0.377 e. The van der Waals surface area contributed by atoms with Gasteiger partial charge >= 0.3 is 0 Å². The van der Waals surface area contributed by atoms with Crippen LogP contribution >= 0.6 is 0 Å². The van der Waals surface area contributed by atoms with Crippen molar-refractivity contribution in [1.82, 2.24) is 5.32 Å². The lowest BCUT2D eigenvalue weighted by atomic mass is 9.98. The lowest BCUT2D eigenvalue weighted by molar-refractivity contribution is 0.0293. The third-order valence-corrected chi connectivity index (χ3v) is 4.09. The number of halogens is 1. The van der Waals surface area contributed by atoms with Gasteiger partial charge in [-0.05, 0) is 25.3 Å². The summed E-state index contributed by atoms with van der Waals surface area (Å²) in [6.45, 7) is 3.57. The van der Waals surface area contributed by atoms with E-state index in [4.69, 9.17) is 4.74 Å². The number of nitrogens with one attached hydrogen (secondary N) is 1. The van der Waals surface area contributed by atoms with Crippen molar-refractivity contribution >= 4 is 0 Å². The Labute approximate surface area is 121 Å². The summed E-state index contributed by atoms with van der Waals surface area (Å²) in [6.07, 6.45) is 7.66.